The molecule has 0 bridgehead atoms. The van der Waals surface area contributed by atoms with Crippen molar-refractivity contribution in [3.63, 3.8) is 0 Å². The number of hydrogen-bond donors (Lipinski definition) is 2. The first-order valence-corrected chi connectivity index (χ1v) is 7.24. The van der Waals surface area contributed by atoms with Crippen molar-refractivity contribution in [3.05, 3.63) is 59.0 Å². The van der Waals surface area contributed by atoms with Gasteiger partial charge in [-0.2, -0.15) is 18.3 Å². The molecule has 1 heterocycles. The minimum absolute atomic E-state index is 0. The van der Waals surface area contributed by atoms with Crippen LogP contribution in [0.1, 0.15) is 34.8 Å². The summed E-state index contributed by atoms with van der Waals surface area (Å²) in [5, 5.41) is 7.37. The third kappa shape index (κ3) is 3.96. The molecule has 1 aromatic carbocycles. The Morgan fingerprint density at radius 3 is 2.40 bits per heavy atom. The molecule has 1 aromatic heterocycles. The van der Waals surface area contributed by atoms with Gasteiger partial charge in [-0.3, -0.25) is 0 Å². The zero-order chi connectivity index (χ0) is 17.3. The Morgan fingerprint density at radius 1 is 1.12 bits per heavy atom. The number of nitrogens with zero attached hydrogens (tertiary/aromatic N) is 2. The topological polar surface area (TPSA) is 89.9 Å². The van der Waals surface area contributed by atoms with Gasteiger partial charge in [0.05, 0.1) is 11.3 Å². The molecular weight excluding hydrogens is 357 g/mol. The van der Waals surface area contributed by atoms with Crippen LogP contribution in [-0.2, 0) is 12.6 Å². The van der Waals surface area contributed by atoms with Gasteiger partial charge in [-0.1, -0.05) is 30.3 Å². The van der Waals surface area contributed by atoms with E-state index in [-0.39, 0.29) is 47.7 Å². The molecule has 1 atom stereocenters. The van der Waals surface area contributed by atoms with Crippen molar-refractivity contribution < 1.29 is 17.6 Å². The molecule has 0 saturated heterocycles. The van der Waals surface area contributed by atoms with Crippen molar-refractivity contribution in [1.82, 2.24) is 0 Å². The SMILES string of the molecule is Cl.NC(N)=N/N=C1/CC(c2ccccc2)Cc2occ(C(F)(F)F)c21. The van der Waals surface area contributed by atoms with Crippen molar-refractivity contribution in [3.8, 4) is 0 Å². The lowest BCUT2D eigenvalue weighted by molar-refractivity contribution is -0.138. The van der Waals surface area contributed by atoms with E-state index in [1.54, 1.807) is 0 Å². The van der Waals surface area contributed by atoms with E-state index in [9.17, 15) is 13.2 Å². The van der Waals surface area contributed by atoms with Gasteiger partial charge in [-0.15, -0.1) is 17.5 Å². The monoisotopic (exact) mass is 372 g/mol. The van der Waals surface area contributed by atoms with E-state index in [2.05, 4.69) is 10.2 Å². The number of halogens is 4. The van der Waals surface area contributed by atoms with E-state index in [1.807, 2.05) is 30.3 Å². The fourth-order valence-corrected chi connectivity index (χ4v) is 2.87. The number of furan rings is 1. The van der Waals surface area contributed by atoms with Crippen LogP contribution in [0.25, 0.3) is 0 Å². The molecule has 0 fully saturated rings. The first-order chi connectivity index (χ1) is 11.4. The van der Waals surface area contributed by atoms with Crippen molar-refractivity contribution in [1.29, 1.82) is 0 Å². The van der Waals surface area contributed by atoms with Crippen LogP contribution >= 0.6 is 12.4 Å². The number of benzene rings is 1. The predicted octanol–water partition coefficient (Wildman–Crippen LogP) is 3.43. The molecule has 0 spiro atoms. The fourth-order valence-electron chi connectivity index (χ4n) is 2.87. The Labute approximate surface area is 148 Å². The normalized spacial score (nSPS) is 18.4. The number of guanidine groups is 1. The third-order valence-corrected chi connectivity index (χ3v) is 3.89. The van der Waals surface area contributed by atoms with Gasteiger partial charge in [0.1, 0.15) is 17.6 Å². The Kier molecular flexibility index (Phi) is 5.42. The van der Waals surface area contributed by atoms with Crippen molar-refractivity contribution in [2.45, 2.75) is 24.9 Å². The summed E-state index contributed by atoms with van der Waals surface area (Å²) >= 11 is 0. The molecule has 0 amide bonds. The van der Waals surface area contributed by atoms with Gasteiger partial charge in [0.2, 0.25) is 5.96 Å². The van der Waals surface area contributed by atoms with Crippen LogP contribution < -0.4 is 11.5 Å². The number of rotatable bonds is 2. The van der Waals surface area contributed by atoms with Crippen molar-refractivity contribution >= 4 is 24.1 Å². The largest absolute Gasteiger partial charge is 0.468 e. The Hall–Kier alpha value is -2.48. The number of nitrogens with two attached hydrogens (primary N) is 2. The maximum atomic E-state index is 13.2. The lowest BCUT2D eigenvalue weighted by Crippen LogP contribution is -2.24. The molecule has 1 aliphatic rings. The Bertz CT molecular complexity index is 795. The van der Waals surface area contributed by atoms with E-state index in [4.69, 9.17) is 15.9 Å². The summed E-state index contributed by atoms with van der Waals surface area (Å²) in [5.41, 5.74) is 10.7. The van der Waals surface area contributed by atoms with Gasteiger partial charge < -0.3 is 15.9 Å². The zero-order valence-corrected chi connectivity index (χ0v) is 13.8. The molecule has 1 unspecified atom stereocenters. The molecular formula is C16H16ClF3N4O. The molecule has 2 aromatic rings. The summed E-state index contributed by atoms with van der Waals surface area (Å²) in [6.45, 7) is 0. The van der Waals surface area contributed by atoms with Gasteiger partial charge in [-0.25, -0.2) is 0 Å². The summed E-state index contributed by atoms with van der Waals surface area (Å²) in [4.78, 5) is 0. The molecule has 0 radical (unpaired) electrons. The smallest absolute Gasteiger partial charge is 0.420 e. The minimum atomic E-state index is -4.53. The van der Waals surface area contributed by atoms with E-state index >= 15 is 0 Å². The molecule has 3 rings (SSSR count). The second-order valence-electron chi connectivity index (χ2n) is 5.53. The lowest BCUT2D eigenvalue weighted by Gasteiger charge is -2.23. The highest BCUT2D eigenvalue weighted by atomic mass is 35.5. The molecule has 0 aliphatic heterocycles. The lowest BCUT2D eigenvalue weighted by atomic mass is 9.81. The quantitative estimate of drug-likeness (QED) is 0.480. The first-order valence-electron chi connectivity index (χ1n) is 7.24. The van der Waals surface area contributed by atoms with Crippen molar-refractivity contribution in [2.75, 3.05) is 0 Å². The summed E-state index contributed by atoms with van der Waals surface area (Å²) in [6, 6.07) is 9.46. The van der Waals surface area contributed by atoms with Gasteiger partial charge in [0.25, 0.3) is 0 Å². The Balaban J connectivity index is 0.00000225. The van der Waals surface area contributed by atoms with Crippen LogP contribution in [0.4, 0.5) is 13.2 Å². The standard InChI is InChI=1S/C16H15F3N4O.ClH/c17-16(18,19)11-8-24-13-7-10(9-4-2-1-3-5-9)6-12(14(11)13)22-23-15(20)21;/h1-5,8,10H,6-7H2,(H4,20,21,23);1H/b22-12-;. The van der Waals surface area contributed by atoms with Crippen LogP contribution in [0.5, 0.6) is 0 Å². The minimum Gasteiger partial charge on any atom is -0.468 e. The zero-order valence-electron chi connectivity index (χ0n) is 13.0. The highest BCUT2D eigenvalue weighted by Gasteiger charge is 2.41. The van der Waals surface area contributed by atoms with E-state index in [0.717, 1.165) is 11.8 Å². The maximum absolute atomic E-state index is 13.2. The maximum Gasteiger partial charge on any atom is 0.420 e. The van der Waals surface area contributed by atoms with Gasteiger partial charge in [0, 0.05) is 6.42 Å². The Morgan fingerprint density at radius 2 is 1.80 bits per heavy atom. The molecule has 25 heavy (non-hydrogen) atoms. The molecule has 4 N–H and O–H groups in total. The highest BCUT2D eigenvalue weighted by Crippen LogP contribution is 2.41. The number of alkyl halides is 3. The van der Waals surface area contributed by atoms with Gasteiger partial charge in [0.15, 0.2) is 0 Å². The predicted molar refractivity (Wildman–Crippen MR) is 90.8 cm³/mol. The molecule has 0 saturated carbocycles. The van der Waals surface area contributed by atoms with Crippen LogP contribution in [-0.4, -0.2) is 11.7 Å². The van der Waals surface area contributed by atoms with Crippen molar-refractivity contribution in [2.24, 2.45) is 21.7 Å². The highest BCUT2D eigenvalue weighted by molar-refractivity contribution is 6.04. The van der Waals surface area contributed by atoms with Crippen LogP contribution in [0.3, 0.4) is 0 Å². The van der Waals surface area contributed by atoms with E-state index < -0.39 is 11.7 Å². The van der Waals surface area contributed by atoms with Gasteiger partial charge in [-0.05, 0) is 17.9 Å². The molecule has 5 nitrogen and oxygen atoms in total. The average Bonchev–Trinajstić information content (AvgIpc) is 2.97. The van der Waals surface area contributed by atoms with Crippen LogP contribution in [0, 0.1) is 0 Å². The molecule has 9 heteroatoms. The molecule has 1 aliphatic carbocycles. The second-order valence-corrected chi connectivity index (χ2v) is 5.53. The van der Waals surface area contributed by atoms with Crippen LogP contribution in [0.15, 0.2) is 51.2 Å². The van der Waals surface area contributed by atoms with Crippen LogP contribution in [0.2, 0.25) is 0 Å². The first kappa shape index (κ1) is 18.9. The summed E-state index contributed by atoms with van der Waals surface area (Å²) in [7, 11) is 0. The second kappa shape index (κ2) is 7.18. The summed E-state index contributed by atoms with van der Waals surface area (Å²) in [6.07, 6.45) is -3.16. The summed E-state index contributed by atoms with van der Waals surface area (Å²) < 4.78 is 44.8. The number of fused-ring (bicyclic) bond motifs is 1. The molecule has 134 valence electrons. The van der Waals surface area contributed by atoms with Gasteiger partial charge >= 0.3 is 6.18 Å². The van der Waals surface area contributed by atoms with E-state index in [1.165, 1.54) is 0 Å². The average molecular weight is 373 g/mol. The summed E-state index contributed by atoms with van der Waals surface area (Å²) in [5.74, 6) is -0.131. The van der Waals surface area contributed by atoms with E-state index in [0.29, 0.717) is 6.42 Å². The fraction of sp³-hybridized carbons (Fsp3) is 0.250. The number of hydrogen-bond acceptors (Lipinski definition) is 3. The third-order valence-electron chi connectivity index (χ3n) is 3.89.